The molecule has 2 heteroatoms. The third-order valence-electron chi connectivity index (χ3n) is 13.6. The predicted octanol–water partition coefficient (Wildman–Crippen LogP) is 10.6. The van der Waals surface area contributed by atoms with Crippen LogP contribution in [0, 0.1) is 52.3 Å². The van der Waals surface area contributed by atoms with Crippen molar-refractivity contribution in [3.8, 4) is 5.75 Å². The van der Waals surface area contributed by atoms with Gasteiger partial charge in [0.25, 0.3) is 0 Å². The number of rotatable bonds is 9. The molecule has 4 saturated carbocycles. The van der Waals surface area contributed by atoms with Crippen LogP contribution >= 0.6 is 0 Å². The summed E-state index contributed by atoms with van der Waals surface area (Å²) in [5.74, 6) is 6.72. The fraction of sp³-hybridized carbons (Fsp3) is 0.700. The van der Waals surface area contributed by atoms with E-state index in [0.29, 0.717) is 23.4 Å². The van der Waals surface area contributed by atoms with Gasteiger partial charge in [-0.3, -0.25) is 0 Å². The van der Waals surface area contributed by atoms with Gasteiger partial charge in [0, 0.05) is 5.56 Å². The predicted molar refractivity (Wildman–Crippen MR) is 174 cm³/mol. The van der Waals surface area contributed by atoms with Crippen LogP contribution in [0.15, 0.2) is 54.6 Å². The Bertz CT molecular complexity index is 1190. The van der Waals surface area contributed by atoms with Crippen LogP contribution in [0.25, 0.3) is 0 Å². The van der Waals surface area contributed by atoms with Gasteiger partial charge in [-0.15, -0.1) is 0 Å². The van der Waals surface area contributed by atoms with Gasteiger partial charge in [0.2, 0.25) is 0 Å². The summed E-state index contributed by atoms with van der Waals surface area (Å²) >= 11 is 0. The van der Waals surface area contributed by atoms with E-state index in [-0.39, 0.29) is 0 Å². The van der Waals surface area contributed by atoms with E-state index in [2.05, 4.69) is 77.1 Å². The van der Waals surface area contributed by atoms with Crippen molar-refractivity contribution in [2.24, 2.45) is 52.3 Å². The molecule has 1 N–H and O–H groups in total. The zero-order chi connectivity index (χ0) is 29.5. The quantitative estimate of drug-likeness (QED) is 0.325. The number of hydrogen-bond donors (Lipinski definition) is 1. The van der Waals surface area contributed by atoms with Gasteiger partial charge in [0.05, 0.1) is 5.60 Å². The first-order chi connectivity index (χ1) is 20.1. The molecule has 0 bridgehead atoms. The lowest BCUT2D eigenvalue weighted by Gasteiger charge is -2.62. The fourth-order valence-electron chi connectivity index (χ4n) is 11.2. The van der Waals surface area contributed by atoms with Crippen molar-refractivity contribution in [3.05, 3.63) is 65.7 Å². The van der Waals surface area contributed by atoms with Gasteiger partial charge in [-0.1, -0.05) is 102 Å². The van der Waals surface area contributed by atoms with Crippen LogP contribution in [-0.4, -0.2) is 5.11 Å². The largest absolute Gasteiger partial charge is 0.489 e. The smallest absolute Gasteiger partial charge is 0.125 e. The topological polar surface area (TPSA) is 29.5 Å². The molecule has 0 spiro atoms. The summed E-state index contributed by atoms with van der Waals surface area (Å²) in [6.45, 7) is 13.2. The van der Waals surface area contributed by atoms with Gasteiger partial charge in [0.15, 0.2) is 0 Å². The fourth-order valence-corrected chi connectivity index (χ4v) is 11.2. The van der Waals surface area contributed by atoms with Gasteiger partial charge in [-0.05, 0) is 122 Å². The first kappa shape index (κ1) is 30.2. The zero-order valence-electron chi connectivity index (χ0n) is 27.3. The van der Waals surface area contributed by atoms with E-state index in [1.807, 2.05) is 12.1 Å². The van der Waals surface area contributed by atoms with E-state index in [1.54, 1.807) is 0 Å². The van der Waals surface area contributed by atoms with Crippen LogP contribution in [0.5, 0.6) is 5.75 Å². The van der Waals surface area contributed by atoms with E-state index >= 15 is 0 Å². The third kappa shape index (κ3) is 5.48. The second-order valence-corrected chi connectivity index (χ2v) is 16.2. The number of para-hydroxylation sites is 1. The Hall–Kier alpha value is -1.80. The highest BCUT2D eigenvalue weighted by molar-refractivity contribution is 5.39. The molecule has 42 heavy (non-hydrogen) atoms. The minimum absolute atomic E-state index is 0.358. The lowest BCUT2D eigenvalue weighted by molar-refractivity contribution is -0.155. The third-order valence-corrected chi connectivity index (χ3v) is 13.6. The first-order valence-electron chi connectivity index (χ1n) is 17.6. The average Bonchev–Trinajstić information content (AvgIpc) is 3.34. The van der Waals surface area contributed by atoms with Crippen molar-refractivity contribution < 1.29 is 9.84 Å². The summed E-state index contributed by atoms with van der Waals surface area (Å²) in [6.07, 6.45) is 15.5. The molecule has 0 amide bonds. The van der Waals surface area contributed by atoms with Crippen LogP contribution < -0.4 is 4.74 Å². The van der Waals surface area contributed by atoms with Crippen molar-refractivity contribution in [3.63, 3.8) is 0 Å². The first-order valence-corrected chi connectivity index (χ1v) is 17.6. The Morgan fingerprint density at radius 2 is 1.52 bits per heavy atom. The summed E-state index contributed by atoms with van der Waals surface area (Å²) in [5, 5.41) is 12.3. The molecular formula is C40H58O2. The zero-order valence-corrected chi connectivity index (χ0v) is 27.3. The molecule has 0 aliphatic heterocycles. The number of aliphatic hydroxyl groups is 1. The van der Waals surface area contributed by atoms with E-state index < -0.39 is 5.60 Å². The van der Waals surface area contributed by atoms with E-state index in [4.69, 9.17) is 4.74 Å². The molecule has 4 aliphatic carbocycles. The molecule has 0 unspecified atom stereocenters. The second-order valence-electron chi connectivity index (χ2n) is 16.2. The van der Waals surface area contributed by atoms with Crippen LogP contribution in [0.3, 0.4) is 0 Å². The van der Waals surface area contributed by atoms with Crippen LogP contribution in [-0.2, 0) is 12.2 Å². The Morgan fingerprint density at radius 1 is 0.786 bits per heavy atom. The summed E-state index contributed by atoms with van der Waals surface area (Å²) in [4.78, 5) is 0. The van der Waals surface area contributed by atoms with E-state index in [1.165, 1.54) is 57.8 Å². The van der Waals surface area contributed by atoms with Crippen molar-refractivity contribution in [1.29, 1.82) is 0 Å². The minimum Gasteiger partial charge on any atom is -0.489 e. The lowest BCUT2D eigenvalue weighted by atomic mass is 9.43. The Kier molecular flexibility index (Phi) is 8.60. The molecule has 230 valence electrons. The molecule has 0 radical (unpaired) electrons. The van der Waals surface area contributed by atoms with E-state index in [9.17, 15) is 5.11 Å². The molecule has 2 aromatic rings. The average molecular weight is 571 g/mol. The molecule has 2 aromatic carbocycles. The molecule has 9 atom stereocenters. The maximum Gasteiger partial charge on any atom is 0.125 e. The highest BCUT2D eigenvalue weighted by atomic mass is 16.5. The van der Waals surface area contributed by atoms with Crippen LogP contribution in [0.4, 0.5) is 0 Å². The summed E-state index contributed by atoms with van der Waals surface area (Å²) in [6, 6.07) is 18.7. The van der Waals surface area contributed by atoms with Crippen LogP contribution in [0.1, 0.15) is 123 Å². The maximum absolute atomic E-state index is 12.3. The molecule has 2 nitrogen and oxygen atoms in total. The Labute approximate surface area is 257 Å². The Balaban J connectivity index is 1.15. The summed E-state index contributed by atoms with van der Waals surface area (Å²) in [5.41, 5.74) is 2.28. The van der Waals surface area contributed by atoms with Gasteiger partial charge >= 0.3 is 0 Å². The molecule has 6 rings (SSSR count). The monoisotopic (exact) mass is 570 g/mol. The van der Waals surface area contributed by atoms with Gasteiger partial charge in [-0.2, -0.15) is 0 Å². The van der Waals surface area contributed by atoms with E-state index in [0.717, 1.165) is 71.6 Å². The Morgan fingerprint density at radius 3 is 2.31 bits per heavy atom. The second kappa shape index (κ2) is 11.9. The summed E-state index contributed by atoms with van der Waals surface area (Å²) in [7, 11) is 0. The van der Waals surface area contributed by atoms with Crippen LogP contribution in [0.2, 0.25) is 0 Å². The molecule has 4 fully saturated rings. The minimum atomic E-state index is -0.794. The van der Waals surface area contributed by atoms with Crippen molar-refractivity contribution in [1.82, 2.24) is 0 Å². The normalized spacial score (nSPS) is 38.4. The highest BCUT2D eigenvalue weighted by Crippen LogP contribution is 2.69. The standard InChI is InChI=1S/C40H58O2/c1-28(2)12-11-13-29(3)33-20-21-34-32-19-18-31-26-40(41,25-24-38(31,4)35(32)22-23-39(33,34)5)36-16-9-10-17-37(36)42-27-30-14-7-6-8-15-30/h6-10,14-17,28-29,31-35,41H,11-13,18-27H2,1-5H3/t29-,31+,32+,33-,34+,35+,38+,39-,40-/m1/s1. The number of ether oxygens (including phenoxy) is 1. The molecule has 0 saturated heterocycles. The number of fused-ring (bicyclic) bond motifs is 5. The highest BCUT2D eigenvalue weighted by Gasteiger charge is 2.61. The van der Waals surface area contributed by atoms with Gasteiger partial charge in [-0.25, -0.2) is 0 Å². The molecule has 0 aromatic heterocycles. The number of hydrogen-bond acceptors (Lipinski definition) is 2. The van der Waals surface area contributed by atoms with Crippen molar-refractivity contribution >= 4 is 0 Å². The molecular weight excluding hydrogens is 512 g/mol. The van der Waals surface area contributed by atoms with Gasteiger partial charge < -0.3 is 9.84 Å². The lowest BCUT2D eigenvalue weighted by Crippen LogP contribution is -2.55. The van der Waals surface area contributed by atoms with Gasteiger partial charge in [0.1, 0.15) is 12.4 Å². The molecule has 0 heterocycles. The van der Waals surface area contributed by atoms with Crippen molar-refractivity contribution in [2.75, 3.05) is 0 Å². The molecule has 4 aliphatic rings. The SMILES string of the molecule is CC(C)CCC[C@@H](C)[C@H]1CC[C@H]2[C@@H]3CC[C@H]4C[C@@](O)(c5ccccc5OCc5ccccc5)CC[C@]4(C)[C@H]3CC[C@]12C. The maximum atomic E-state index is 12.3. The summed E-state index contributed by atoms with van der Waals surface area (Å²) < 4.78 is 6.35. The van der Waals surface area contributed by atoms with Crippen molar-refractivity contribution in [2.45, 2.75) is 124 Å². The number of benzene rings is 2.